The van der Waals surface area contributed by atoms with Gasteiger partial charge in [0.2, 0.25) is 29.5 Å². The Hall–Kier alpha value is -19.4. The smallest absolute Gasteiger partial charge is 0.264 e. The van der Waals surface area contributed by atoms with E-state index in [0.717, 1.165) is 106 Å². The predicted molar refractivity (Wildman–Crippen MR) is 551 cm³/mol. The Morgan fingerprint density at radius 2 is 0.702 bits per heavy atom. The van der Waals surface area contributed by atoms with Crippen LogP contribution in [0.2, 0.25) is 0 Å². The summed E-state index contributed by atoms with van der Waals surface area (Å²) in [6.07, 6.45) is 18.4. The van der Waals surface area contributed by atoms with E-state index in [1.165, 1.54) is 31.1 Å². The molecule has 0 spiro atoms. The van der Waals surface area contributed by atoms with E-state index in [9.17, 15) is 19.2 Å². The Morgan fingerprint density at radius 3 is 1.04 bits per heavy atom. The van der Waals surface area contributed by atoms with Crippen LogP contribution in [0.4, 0.5) is 51.7 Å². The molecule has 0 aliphatic carbocycles. The first-order chi connectivity index (χ1) is 68.5. The van der Waals surface area contributed by atoms with Gasteiger partial charge >= 0.3 is 0 Å². The number of hydrogen-bond donors (Lipinski definition) is 4. The fourth-order valence-electron chi connectivity index (χ4n) is 17.0. The standard InChI is InChI=1S/C30H27N7O.C30H23N5O3.C26H20N6O2.C25H19N5O/c1-19(34-29-26(31-3)18-33-20(2)35-29)27-15-21-10-9-13-25(22-14-24(36(4)5)17-32-16-22)28(21)30(38)37(27)23-11-7-6-8-12-23;1-18(33-29-24(31-3)16-32-19(2)34-29)25-14-21-8-7-11-23(20-12-13-26-27(15-20)38-17-37-26)28(21)30(36)35(25)22-9-5-4-6-10-22;1-16(30-25-22(27-3)14-28-17(2)31-25)23-12-18-8-7-11-21(19-13-29-34-15-19)24(18)26(33)32(23)20-9-5-4-6-10-20;1-5-18-10-9-11-19-14-22(16(2)28-24-21(26-4)15-27-17(3)29-24)30(25(31)23(18)19)20-12-7-6-8-13-20/h6-19H,1-2,4-5H3,(H,33,34,35);4-16,18H,17H2,1-2H3,(H,32,33,34);4-16H,1-2H3,(H,28,30,31);1,6-16H,2-3H3,(H,27,28,29)/t19-;18-;2*16-/m0000/s1. The van der Waals surface area contributed by atoms with Gasteiger partial charge in [0.15, 0.2) is 11.5 Å². The zero-order valence-corrected chi connectivity index (χ0v) is 78.2. The number of aryl methyl sites for hydroxylation is 4. The topological polar surface area (TPSA) is 317 Å². The highest BCUT2D eigenvalue weighted by Crippen LogP contribution is 2.41. The highest BCUT2D eigenvalue weighted by molar-refractivity contribution is 6.00. The number of fused-ring (bicyclic) bond motifs is 5. The summed E-state index contributed by atoms with van der Waals surface area (Å²) >= 11 is 0. The van der Waals surface area contributed by atoms with Crippen LogP contribution >= 0.6 is 0 Å². The molecule has 0 saturated heterocycles. The molecule has 11 heterocycles. The zero-order valence-electron chi connectivity index (χ0n) is 78.2. The van der Waals surface area contributed by atoms with Crippen molar-refractivity contribution in [2.24, 2.45) is 0 Å². The Kier molecular flexibility index (Phi) is 27.3. The Bertz CT molecular complexity index is 8510. The molecule has 0 saturated carbocycles. The number of terminal acetylenes is 1. The number of rotatable bonds is 20. The average Bonchev–Trinajstić information content (AvgIpc) is 1.76. The Balaban J connectivity index is 0.000000130. The van der Waals surface area contributed by atoms with Gasteiger partial charge in [0.05, 0.1) is 90.1 Å². The van der Waals surface area contributed by atoms with Gasteiger partial charge in [-0.25, -0.2) is 39.3 Å². The molecule has 0 bridgehead atoms. The third-order valence-electron chi connectivity index (χ3n) is 23.7. The first-order valence-electron chi connectivity index (χ1n) is 44.8. The van der Waals surface area contributed by atoms with Gasteiger partial charge in [-0.2, -0.15) is 0 Å². The molecule has 10 aromatic heterocycles. The molecular weight excluding hydrogens is 1770 g/mol. The maximum Gasteiger partial charge on any atom is 0.264 e. The maximum absolute atomic E-state index is 14.3. The number of hydrogen-bond acceptors (Lipinski definition) is 22. The first kappa shape index (κ1) is 93.4. The number of anilines is 5. The fraction of sp³-hybridized carbons (Fsp3) is 0.135. The average molecular weight is 1860 g/mol. The molecule has 4 atom stereocenters. The lowest BCUT2D eigenvalue weighted by Crippen LogP contribution is -2.26. The monoisotopic (exact) mass is 1860 g/mol. The van der Waals surface area contributed by atoms with Crippen LogP contribution in [0.3, 0.4) is 0 Å². The van der Waals surface area contributed by atoms with Crippen molar-refractivity contribution < 1.29 is 14.0 Å². The Labute approximate surface area is 810 Å². The van der Waals surface area contributed by atoms with Gasteiger partial charge < -0.3 is 40.2 Å². The second kappa shape index (κ2) is 41.2. The van der Waals surface area contributed by atoms with E-state index in [1.54, 1.807) is 70.6 Å². The summed E-state index contributed by atoms with van der Waals surface area (Å²) in [5.74, 6) is 7.93. The minimum absolute atomic E-state index is 0.132. The van der Waals surface area contributed by atoms with Crippen molar-refractivity contribution in [1.82, 2.24) is 68.3 Å². The van der Waals surface area contributed by atoms with Gasteiger partial charge in [-0.15, -0.1) is 6.42 Å². The van der Waals surface area contributed by atoms with E-state index in [2.05, 4.69) is 96.6 Å². The SMILES string of the molecule is [C-]#[N+]c1cnc(C)nc1N[C@@H](C)c1cc2cccc(-c3ccc4c(c3)OCO4)c2c(=O)n1-c1ccccc1.[C-]#[N+]c1cnc(C)nc1N[C@@H](C)c1cc2cccc(-c3cncc(N(C)C)c3)c2c(=O)n1-c1ccccc1.[C-]#[N+]c1cnc(C)nc1N[C@@H](C)c1cc2cccc(-c3cnoc3)c2c(=O)n1-c1ccccc1.[C-]#[N+]c1cnc(C)nc1N[C@@H](C)c1cc2cccc(C#C)c2c(=O)n1-c1ccccc1. The molecule has 20 rings (SSSR count). The van der Waals surface area contributed by atoms with Gasteiger partial charge in [-0.1, -0.05) is 157 Å². The number of aromatic nitrogens is 14. The van der Waals surface area contributed by atoms with E-state index >= 15 is 0 Å². The summed E-state index contributed by atoms with van der Waals surface area (Å²) in [5, 5.41) is 22.6. The molecule has 0 unspecified atom stereocenters. The zero-order chi connectivity index (χ0) is 98.6. The van der Waals surface area contributed by atoms with Crippen molar-refractivity contribution in [3.63, 3.8) is 0 Å². The minimum atomic E-state index is -0.351. The highest BCUT2D eigenvalue weighted by Gasteiger charge is 2.28. The third-order valence-corrected chi connectivity index (χ3v) is 23.7. The number of pyridine rings is 5. The summed E-state index contributed by atoms with van der Waals surface area (Å²) in [4.78, 5) is 111. The fourth-order valence-corrected chi connectivity index (χ4v) is 17.0. The van der Waals surface area contributed by atoms with Crippen molar-refractivity contribution in [2.45, 2.75) is 79.6 Å². The predicted octanol–water partition coefficient (Wildman–Crippen LogP) is 22.4. The van der Waals surface area contributed by atoms with Crippen LogP contribution < -0.4 is 57.9 Å². The molecule has 4 N–H and O–H groups in total. The van der Waals surface area contributed by atoms with Gasteiger partial charge in [-0.05, 0) is 196 Å². The molecule has 9 aromatic carbocycles. The number of nitrogens with one attached hydrogen (secondary N) is 4. The van der Waals surface area contributed by atoms with Crippen molar-refractivity contribution in [3.05, 3.63) is 431 Å². The van der Waals surface area contributed by atoms with Crippen molar-refractivity contribution in [3.8, 4) is 80.0 Å². The van der Waals surface area contributed by atoms with Crippen LogP contribution in [0.1, 0.15) is 103 Å². The van der Waals surface area contributed by atoms with E-state index in [1.807, 2.05) is 283 Å². The highest BCUT2D eigenvalue weighted by atomic mass is 16.7. The third kappa shape index (κ3) is 19.6. The van der Waals surface area contributed by atoms with Crippen LogP contribution in [-0.2, 0) is 0 Å². The number of nitrogens with zero attached hydrogens (tertiary/aromatic N) is 19. The van der Waals surface area contributed by atoms with Crippen LogP contribution in [0.15, 0.2) is 316 Å². The normalized spacial score (nSPS) is 12.0. The van der Waals surface area contributed by atoms with Crippen LogP contribution in [-0.4, -0.2) is 89.2 Å². The molecule has 141 heavy (non-hydrogen) atoms. The quantitative estimate of drug-likeness (QED) is 0.0407. The molecule has 0 radical (unpaired) electrons. The van der Waals surface area contributed by atoms with Gasteiger partial charge in [0.1, 0.15) is 52.8 Å². The molecule has 19 aromatic rings. The molecule has 30 heteroatoms. The van der Waals surface area contributed by atoms with Crippen molar-refractivity contribution in [1.29, 1.82) is 0 Å². The van der Waals surface area contributed by atoms with Gasteiger partial charge in [-0.3, -0.25) is 62.4 Å². The lowest BCUT2D eigenvalue weighted by Gasteiger charge is -2.22. The van der Waals surface area contributed by atoms with Gasteiger partial charge in [0, 0.05) is 107 Å². The Morgan fingerprint density at radius 1 is 0.369 bits per heavy atom. The summed E-state index contributed by atoms with van der Waals surface area (Å²) in [6.45, 7) is 44.9. The van der Waals surface area contributed by atoms with Crippen LogP contribution in [0.5, 0.6) is 11.5 Å². The summed E-state index contributed by atoms with van der Waals surface area (Å²) in [7, 11) is 3.93. The van der Waals surface area contributed by atoms with Crippen LogP contribution in [0.25, 0.3) is 119 Å². The van der Waals surface area contributed by atoms with E-state index < -0.39 is 0 Å². The van der Waals surface area contributed by atoms with Gasteiger partial charge in [0.25, 0.3) is 22.2 Å². The second-order valence-electron chi connectivity index (χ2n) is 33.2. The van der Waals surface area contributed by atoms with Crippen molar-refractivity contribution in [2.75, 3.05) is 47.1 Å². The minimum Gasteiger partial charge on any atom is -0.454 e. The first-order valence-corrected chi connectivity index (χ1v) is 44.8. The number of benzene rings is 9. The summed E-state index contributed by atoms with van der Waals surface area (Å²) < 4.78 is 22.9. The molecule has 1 aliphatic heterocycles. The van der Waals surface area contributed by atoms with E-state index in [-0.39, 0.29) is 53.2 Å². The lowest BCUT2D eigenvalue weighted by atomic mass is 9.97. The largest absolute Gasteiger partial charge is 0.454 e. The van der Waals surface area contributed by atoms with Crippen molar-refractivity contribution >= 4 is 94.8 Å². The van der Waals surface area contributed by atoms with E-state index in [4.69, 9.17) is 46.7 Å². The number of para-hydroxylation sites is 4. The molecule has 0 amide bonds. The molecule has 30 nitrogen and oxygen atoms in total. The van der Waals surface area contributed by atoms with E-state index in [0.29, 0.717) is 108 Å². The maximum atomic E-state index is 14.3. The second-order valence-corrected chi connectivity index (χ2v) is 33.2. The lowest BCUT2D eigenvalue weighted by molar-refractivity contribution is 0.174. The van der Waals surface area contributed by atoms with Crippen LogP contribution in [0, 0.1) is 66.3 Å². The molecular formula is C111H89N23O7. The number of ether oxygens (including phenoxy) is 2. The molecule has 690 valence electrons. The molecule has 1 aliphatic rings. The summed E-state index contributed by atoms with van der Waals surface area (Å²) in [6, 6.07) is 75.3. The summed E-state index contributed by atoms with van der Waals surface area (Å²) in [5.41, 5.74) is 12.9. The molecule has 0 fully saturated rings.